The highest BCUT2D eigenvalue weighted by Crippen LogP contribution is 2.45. The van der Waals surface area contributed by atoms with Crippen molar-refractivity contribution in [3.63, 3.8) is 0 Å². The molecule has 0 spiro atoms. The zero-order valence-corrected chi connectivity index (χ0v) is 7.85. The van der Waals surface area contributed by atoms with Crippen LogP contribution in [0.3, 0.4) is 0 Å². The summed E-state index contributed by atoms with van der Waals surface area (Å²) in [5, 5.41) is 10.7. The summed E-state index contributed by atoms with van der Waals surface area (Å²) in [6.07, 6.45) is 2.08. The number of hydrogen-bond donors (Lipinski definition) is 2. The lowest BCUT2D eigenvalue weighted by atomic mass is 10.3. The van der Waals surface area contributed by atoms with Crippen molar-refractivity contribution >= 4 is 6.09 Å². The van der Waals surface area contributed by atoms with Gasteiger partial charge in [-0.05, 0) is 12.3 Å². The van der Waals surface area contributed by atoms with E-state index < -0.39 is 11.9 Å². The average molecular weight is 211 g/mol. The van der Waals surface area contributed by atoms with Gasteiger partial charge in [-0.15, -0.1) is 0 Å². The molecule has 1 aromatic rings. The van der Waals surface area contributed by atoms with Crippen molar-refractivity contribution in [2.75, 3.05) is 6.54 Å². The van der Waals surface area contributed by atoms with Gasteiger partial charge in [-0.25, -0.2) is 19.2 Å². The van der Waals surface area contributed by atoms with E-state index in [1.54, 1.807) is 0 Å². The van der Waals surface area contributed by atoms with Crippen LogP contribution in [0.25, 0.3) is 0 Å². The van der Waals surface area contributed by atoms with Crippen LogP contribution in [0.5, 0.6) is 0 Å². The number of nitrogens with zero attached hydrogens (tertiary/aromatic N) is 2. The Morgan fingerprint density at radius 1 is 1.60 bits per heavy atom. The van der Waals surface area contributed by atoms with Crippen LogP contribution in [0.4, 0.5) is 9.18 Å². The maximum atomic E-state index is 12.5. The van der Waals surface area contributed by atoms with Gasteiger partial charge in [-0.2, -0.15) is 0 Å². The van der Waals surface area contributed by atoms with Crippen LogP contribution in [0, 0.1) is 11.7 Å². The lowest BCUT2D eigenvalue weighted by Gasteiger charge is -1.99. The largest absolute Gasteiger partial charge is 0.465 e. The molecule has 2 unspecified atom stereocenters. The molecule has 2 N–H and O–H groups in total. The first-order chi connectivity index (χ1) is 7.16. The molecule has 6 heteroatoms. The predicted octanol–water partition coefficient (Wildman–Crippen LogP) is 0.987. The fourth-order valence-electron chi connectivity index (χ4n) is 1.52. The number of halogens is 1. The first-order valence-corrected chi connectivity index (χ1v) is 4.61. The first kappa shape index (κ1) is 9.82. The van der Waals surface area contributed by atoms with E-state index in [1.165, 1.54) is 0 Å². The van der Waals surface area contributed by atoms with E-state index in [0.29, 0.717) is 12.4 Å². The zero-order chi connectivity index (χ0) is 10.8. The summed E-state index contributed by atoms with van der Waals surface area (Å²) >= 11 is 0. The van der Waals surface area contributed by atoms with Crippen molar-refractivity contribution in [1.29, 1.82) is 0 Å². The SMILES string of the molecule is O=C(O)NCC1CC1c1ncc(F)cn1. The summed E-state index contributed by atoms with van der Waals surface area (Å²) in [6, 6.07) is 0. The molecule has 1 aliphatic carbocycles. The molecule has 1 aromatic heterocycles. The third-order valence-corrected chi connectivity index (χ3v) is 2.41. The molecule has 1 amide bonds. The van der Waals surface area contributed by atoms with E-state index in [0.717, 1.165) is 18.8 Å². The topological polar surface area (TPSA) is 75.1 Å². The molecule has 0 aliphatic heterocycles. The van der Waals surface area contributed by atoms with Gasteiger partial charge in [0.05, 0.1) is 12.4 Å². The number of hydrogen-bond acceptors (Lipinski definition) is 3. The van der Waals surface area contributed by atoms with Gasteiger partial charge < -0.3 is 10.4 Å². The Morgan fingerprint density at radius 2 is 2.27 bits per heavy atom. The molecule has 1 saturated carbocycles. The number of nitrogens with one attached hydrogen (secondary N) is 1. The van der Waals surface area contributed by atoms with Crippen LogP contribution in [-0.2, 0) is 0 Å². The minimum Gasteiger partial charge on any atom is -0.465 e. The van der Waals surface area contributed by atoms with Crippen molar-refractivity contribution in [3.05, 3.63) is 24.0 Å². The third-order valence-electron chi connectivity index (χ3n) is 2.41. The summed E-state index contributed by atoms with van der Waals surface area (Å²) in [7, 11) is 0. The molecule has 80 valence electrons. The first-order valence-electron chi connectivity index (χ1n) is 4.61. The molecule has 0 saturated heterocycles. The number of carbonyl (C=O) groups is 1. The molecule has 2 rings (SSSR count). The molecule has 5 nitrogen and oxygen atoms in total. The molecule has 0 aromatic carbocycles. The lowest BCUT2D eigenvalue weighted by Crippen LogP contribution is -2.23. The van der Waals surface area contributed by atoms with Gasteiger partial charge in [0.15, 0.2) is 5.82 Å². The number of aromatic nitrogens is 2. The Hall–Kier alpha value is -1.72. The summed E-state index contributed by atoms with van der Waals surface area (Å²) < 4.78 is 12.5. The van der Waals surface area contributed by atoms with Gasteiger partial charge in [-0.1, -0.05) is 0 Å². The monoisotopic (exact) mass is 211 g/mol. The van der Waals surface area contributed by atoms with Gasteiger partial charge in [0, 0.05) is 12.5 Å². The van der Waals surface area contributed by atoms with Gasteiger partial charge in [0.2, 0.25) is 0 Å². The summed E-state index contributed by atoms with van der Waals surface area (Å²) in [4.78, 5) is 17.9. The molecule has 1 fully saturated rings. The van der Waals surface area contributed by atoms with Gasteiger partial charge in [0.25, 0.3) is 0 Å². The number of amides is 1. The summed E-state index contributed by atoms with van der Waals surface area (Å²) in [6.45, 7) is 0.404. The van der Waals surface area contributed by atoms with E-state index in [4.69, 9.17) is 5.11 Å². The molecule has 1 heterocycles. The fraction of sp³-hybridized carbons (Fsp3) is 0.444. The van der Waals surface area contributed by atoms with Crippen LogP contribution in [0.15, 0.2) is 12.4 Å². The predicted molar refractivity (Wildman–Crippen MR) is 48.9 cm³/mol. The summed E-state index contributed by atoms with van der Waals surface area (Å²) in [5.41, 5.74) is 0. The molecule has 1 aliphatic rings. The smallest absolute Gasteiger partial charge is 0.404 e. The maximum Gasteiger partial charge on any atom is 0.404 e. The lowest BCUT2D eigenvalue weighted by molar-refractivity contribution is 0.194. The Bertz CT molecular complexity index is 368. The standard InChI is InChI=1S/C9H10FN3O2/c10-6-3-11-8(12-4-6)7-1-5(7)2-13-9(14)15/h3-5,7,13H,1-2H2,(H,14,15). The van der Waals surface area contributed by atoms with E-state index in [-0.39, 0.29) is 11.8 Å². The van der Waals surface area contributed by atoms with Crippen molar-refractivity contribution in [2.24, 2.45) is 5.92 Å². The van der Waals surface area contributed by atoms with E-state index in [1.807, 2.05) is 0 Å². The second-order valence-electron chi connectivity index (χ2n) is 3.55. The van der Waals surface area contributed by atoms with Crippen molar-refractivity contribution < 1.29 is 14.3 Å². The Kier molecular flexibility index (Phi) is 2.49. The van der Waals surface area contributed by atoms with Crippen LogP contribution in [0.1, 0.15) is 18.2 Å². The van der Waals surface area contributed by atoms with E-state index in [9.17, 15) is 9.18 Å². The van der Waals surface area contributed by atoms with Gasteiger partial charge in [0.1, 0.15) is 5.82 Å². The molecular formula is C9H10FN3O2. The Balaban J connectivity index is 1.88. The van der Waals surface area contributed by atoms with Crippen LogP contribution < -0.4 is 5.32 Å². The molecule has 2 atom stereocenters. The van der Waals surface area contributed by atoms with Crippen LogP contribution >= 0.6 is 0 Å². The number of carboxylic acid groups (broad SMARTS) is 1. The zero-order valence-electron chi connectivity index (χ0n) is 7.85. The number of rotatable bonds is 3. The highest BCUT2D eigenvalue weighted by Gasteiger charge is 2.40. The minimum absolute atomic E-state index is 0.164. The second-order valence-corrected chi connectivity index (χ2v) is 3.55. The molecular weight excluding hydrogens is 201 g/mol. The molecule has 15 heavy (non-hydrogen) atoms. The Labute approximate surface area is 85.4 Å². The van der Waals surface area contributed by atoms with Crippen molar-refractivity contribution in [2.45, 2.75) is 12.3 Å². The average Bonchev–Trinajstić information content (AvgIpc) is 2.95. The molecule has 0 bridgehead atoms. The second kappa shape index (κ2) is 3.80. The van der Waals surface area contributed by atoms with Gasteiger partial charge >= 0.3 is 6.09 Å². The van der Waals surface area contributed by atoms with E-state index in [2.05, 4.69) is 15.3 Å². The molecule has 0 radical (unpaired) electrons. The van der Waals surface area contributed by atoms with Crippen LogP contribution in [0.2, 0.25) is 0 Å². The highest BCUT2D eigenvalue weighted by atomic mass is 19.1. The maximum absolute atomic E-state index is 12.5. The minimum atomic E-state index is -1.03. The van der Waals surface area contributed by atoms with Gasteiger partial charge in [-0.3, -0.25) is 0 Å². The Morgan fingerprint density at radius 3 is 2.87 bits per heavy atom. The normalized spacial score (nSPS) is 23.5. The van der Waals surface area contributed by atoms with Crippen LogP contribution in [-0.4, -0.2) is 27.7 Å². The van der Waals surface area contributed by atoms with Crippen molar-refractivity contribution in [1.82, 2.24) is 15.3 Å². The fourth-order valence-corrected chi connectivity index (χ4v) is 1.52. The summed E-state index contributed by atoms with van der Waals surface area (Å²) in [5.74, 6) is 0.539. The quantitative estimate of drug-likeness (QED) is 0.781. The highest BCUT2D eigenvalue weighted by molar-refractivity contribution is 5.64. The van der Waals surface area contributed by atoms with Crippen molar-refractivity contribution in [3.8, 4) is 0 Å². The third kappa shape index (κ3) is 2.39. The van der Waals surface area contributed by atoms with E-state index >= 15 is 0 Å².